The van der Waals surface area contributed by atoms with Gasteiger partial charge in [-0.15, -0.1) is 0 Å². The Morgan fingerprint density at radius 1 is 1.23 bits per heavy atom. The third kappa shape index (κ3) is 4.87. The van der Waals surface area contributed by atoms with E-state index in [-0.39, 0.29) is 5.43 Å². The molecule has 1 heterocycles. The molecule has 1 aromatic carbocycles. The molecule has 0 unspecified atom stereocenters. The number of fused-ring (bicyclic) bond motifs is 1. The summed E-state index contributed by atoms with van der Waals surface area (Å²) >= 11 is 4.74. The van der Waals surface area contributed by atoms with Gasteiger partial charge in [-0.3, -0.25) is 4.79 Å². The van der Waals surface area contributed by atoms with Crippen molar-refractivity contribution >= 4 is 28.3 Å². The van der Waals surface area contributed by atoms with Crippen LogP contribution in [0.1, 0.15) is 44.9 Å². The van der Waals surface area contributed by atoms with Crippen LogP contribution in [-0.2, 0) is 13.1 Å². The van der Waals surface area contributed by atoms with Gasteiger partial charge >= 0.3 is 0 Å². The van der Waals surface area contributed by atoms with Gasteiger partial charge in [0.15, 0.2) is 5.43 Å². The van der Waals surface area contributed by atoms with Crippen LogP contribution in [0.15, 0.2) is 57.4 Å². The molecule has 0 aliphatic rings. The quantitative estimate of drug-likeness (QED) is 0.363. The van der Waals surface area contributed by atoms with E-state index in [2.05, 4.69) is 47.6 Å². The highest BCUT2D eigenvalue weighted by Crippen LogP contribution is 2.18. The van der Waals surface area contributed by atoms with E-state index in [4.69, 9.17) is 12.2 Å². The van der Waals surface area contributed by atoms with Gasteiger partial charge in [0.25, 0.3) is 0 Å². The van der Waals surface area contributed by atoms with E-state index < -0.39 is 0 Å². The Bertz CT molecular complexity index is 956. The molecule has 0 spiro atoms. The van der Waals surface area contributed by atoms with E-state index in [0.29, 0.717) is 13.1 Å². The third-order valence-corrected chi connectivity index (χ3v) is 4.68. The van der Waals surface area contributed by atoms with Crippen LogP contribution in [0.2, 0.25) is 0 Å². The second kappa shape index (κ2) is 9.42. The third-order valence-electron chi connectivity index (χ3n) is 4.55. The molecule has 0 N–H and O–H groups in total. The predicted molar refractivity (Wildman–Crippen MR) is 114 cm³/mol. The molecule has 1 aromatic heterocycles. The normalized spacial score (nSPS) is 11.3. The highest BCUT2D eigenvalue weighted by atomic mass is 32.1. The van der Waals surface area contributed by atoms with Gasteiger partial charge in [0.2, 0.25) is 0 Å². The Morgan fingerprint density at radius 2 is 1.96 bits per heavy atom. The molecule has 0 aliphatic carbocycles. The number of benzene rings is 1. The van der Waals surface area contributed by atoms with Crippen molar-refractivity contribution in [3.63, 3.8) is 0 Å². The summed E-state index contributed by atoms with van der Waals surface area (Å²) in [6.07, 6.45) is 7.25. The average Bonchev–Trinajstić information content (AvgIpc) is 2.62. The molecule has 0 fully saturated rings. The second-order valence-corrected chi connectivity index (χ2v) is 6.99. The SMILES string of the molecule is CC(C)=CCC/C(C)=C/Cc1c(C)c(=O)c2ccccc2n1CN=C=S. The molecule has 0 saturated heterocycles. The summed E-state index contributed by atoms with van der Waals surface area (Å²) in [4.78, 5) is 16.9. The fourth-order valence-corrected chi connectivity index (χ4v) is 3.13. The van der Waals surface area contributed by atoms with Crippen molar-refractivity contribution in [2.75, 3.05) is 0 Å². The number of allylic oxidation sites excluding steroid dienone is 4. The number of thiocarbonyl (C=S) groups is 1. The van der Waals surface area contributed by atoms with Crippen molar-refractivity contribution in [3.05, 3.63) is 69.0 Å². The maximum absolute atomic E-state index is 12.8. The number of isothiocyanates is 1. The van der Waals surface area contributed by atoms with Gasteiger partial charge in [0.1, 0.15) is 6.67 Å². The summed E-state index contributed by atoms with van der Waals surface area (Å²) < 4.78 is 2.07. The molecule has 3 nitrogen and oxygen atoms in total. The molecular formula is C22H26N2OS. The van der Waals surface area contributed by atoms with E-state index in [1.165, 1.54) is 11.1 Å². The smallest absolute Gasteiger partial charge is 0.192 e. The van der Waals surface area contributed by atoms with E-state index in [0.717, 1.165) is 35.0 Å². The lowest BCUT2D eigenvalue weighted by Crippen LogP contribution is -2.18. The molecule has 4 heteroatoms. The number of pyridine rings is 1. The van der Waals surface area contributed by atoms with Crippen LogP contribution in [0, 0.1) is 6.92 Å². The van der Waals surface area contributed by atoms with Crippen LogP contribution in [-0.4, -0.2) is 9.73 Å². The first-order chi connectivity index (χ1) is 12.5. The second-order valence-electron chi connectivity index (χ2n) is 6.81. The fraction of sp³-hybridized carbons (Fsp3) is 0.364. The van der Waals surface area contributed by atoms with Crippen LogP contribution in [0.25, 0.3) is 10.9 Å². The molecular weight excluding hydrogens is 340 g/mol. The van der Waals surface area contributed by atoms with E-state index in [1.807, 2.05) is 31.2 Å². The minimum absolute atomic E-state index is 0.0915. The average molecular weight is 367 g/mol. The first kappa shape index (κ1) is 20.0. The minimum Gasteiger partial charge on any atom is -0.323 e. The summed E-state index contributed by atoms with van der Waals surface area (Å²) in [5.74, 6) is 0. The lowest BCUT2D eigenvalue weighted by atomic mass is 10.0. The van der Waals surface area contributed by atoms with Crippen molar-refractivity contribution in [1.82, 2.24) is 4.57 Å². The van der Waals surface area contributed by atoms with Crippen LogP contribution in [0.4, 0.5) is 0 Å². The van der Waals surface area contributed by atoms with E-state index in [1.54, 1.807) is 0 Å². The lowest BCUT2D eigenvalue weighted by molar-refractivity contribution is 0.716. The fourth-order valence-electron chi connectivity index (χ4n) is 3.07. The molecule has 136 valence electrons. The molecule has 0 bridgehead atoms. The lowest BCUT2D eigenvalue weighted by Gasteiger charge is -2.16. The Kier molecular flexibility index (Phi) is 7.26. The highest BCUT2D eigenvalue weighted by molar-refractivity contribution is 7.78. The molecule has 0 saturated carbocycles. The van der Waals surface area contributed by atoms with Gasteiger partial charge in [0, 0.05) is 23.1 Å². The number of rotatable bonds is 7. The first-order valence-electron chi connectivity index (χ1n) is 8.89. The van der Waals surface area contributed by atoms with Gasteiger partial charge < -0.3 is 4.57 Å². The van der Waals surface area contributed by atoms with Crippen LogP contribution in [0.5, 0.6) is 0 Å². The highest BCUT2D eigenvalue weighted by Gasteiger charge is 2.12. The summed E-state index contributed by atoms with van der Waals surface area (Å²) in [6.45, 7) is 8.66. The summed E-state index contributed by atoms with van der Waals surface area (Å²) in [5.41, 5.74) is 5.42. The number of nitrogens with zero attached hydrogens (tertiary/aromatic N) is 2. The zero-order chi connectivity index (χ0) is 19.1. The van der Waals surface area contributed by atoms with Gasteiger partial charge in [-0.25, -0.2) is 4.99 Å². The van der Waals surface area contributed by atoms with E-state index in [9.17, 15) is 4.79 Å². The van der Waals surface area contributed by atoms with Crippen molar-refractivity contribution in [3.8, 4) is 0 Å². The largest absolute Gasteiger partial charge is 0.323 e. The summed E-state index contributed by atoms with van der Waals surface area (Å²) in [7, 11) is 0. The molecule has 2 rings (SSSR count). The summed E-state index contributed by atoms with van der Waals surface area (Å²) in [5, 5.41) is 3.15. The zero-order valence-electron chi connectivity index (χ0n) is 16.0. The van der Waals surface area contributed by atoms with E-state index >= 15 is 0 Å². The summed E-state index contributed by atoms with van der Waals surface area (Å²) in [6, 6.07) is 7.67. The zero-order valence-corrected chi connectivity index (χ0v) is 16.8. The molecule has 0 atom stereocenters. The molecule has 0 radical (unpaired) electrons. The Labute approximate surface area is 160 Å². The Morgan fingerprint density at radius 3 is 2.65 bits per heavy atom. The van der Waals surface area contributed by atoms with Crippen LogP contribution >= 0.6 is 12.2 Å². The molecule has 0 aliphatic heterocycles. The molecule has 26 heavy (non-hydrogen) atoms. The maximum atomic E-state index is 12.8. The van der Waals surface area contributed by atoms with Crippen molar-refractivity contribution < 1.29 is 0 Å². The van der Waals surface area contributed by atoms with Gasteiger partial charge in [0.05, 0.1) is 10.7 Å². The number of hydrogen-bond donors (Lipinski definition) is 0. The van der Waals surface area contributed by atoms with Crippen LogP contribution < -0.4 is 5.43 Å². The minimum atomic E-state index is 0.0915. The van der Waals surface area contributed by atoms with Crippen molar-refractivity contribution in [2.24, 2.45) is 4.99 Å². The number of para-hydroxylation sites is 1. The van der Waals surface area contributed by atoms with Gasteiger partial charge in [-0.2, -0.15) is 0 Å². The van der Waals surface area contributed by atoms with Gasteiger partial charge in [-0.1, -0.05) is 35.4 Å². The monoisotopic (exact) mass is 366 g/mol. The van der Waals surface area contributed by atoms with Crippen LogP contribution in [0.3, 0.4) is 0 Å². The number of aromatic nitrogens is 1. The number of aliphatic imine (C=N–C) groups is 1. The maximum Gasteiger partial charge on any atom is 0.192 e. The first-order valence-corrected chi connectivity index (χ1v) is 9.30. The topological polar surface area (TPSA) is 34.4 Å². The van der Waals surface area contributed by atoms with Crippen molar-refractivity contribution in [1.29, 1.82) is 0 Å². The predicted octanol–water partition coefficient (Wildman–Crippen LogP) is 5.61. The molecule has 2 aromatic rings. The standard InChI is InChI=1S/C22H26N2OS/c1-16(2)8-7-9-17(3)12-13-20-18(4)22(25)19-10-5-6-11-21(19)24(20)14-23-15-26/h5-6,8,10-12H,7,9,13-14H2,1-4H3/b17-12+. The number of hydrogen-bond acceptors (Lipinski definition) is 3. The Balaban J connectivity index is 2.45. The Hall–Kier alpha value is -2.29. The van der Waals surface area contributed by atoms with Gasteiger partial charge in [-0.05, 0) is 64.9 Å². The molecule has 0 amide bonds. The van der Waals surface area contributed by atoms with Crippen molar-refractivity contribution in [2.45, 2.75) is 53.6 Å².